The fourth-order valence-corrected chi connectivity index (χ4v) is 3.42. The van der Waals surface area contributed by atoms with E-state index >= 15 is 0 Å². The molecule has 132 valence electrons. The summed E-state index contributed by atoms with van der Waals surface area (Å²) in [5.74, 6) is -1.22. The molecule has 1 atom stereocenters. The Bertz CT molecular complexity index is 717. The molecule has 2 aromatic rings. The lowest BCUT2D eigenvalue weighted by molar-refractivity contribution is -0.129. The second-order valence-electron chi connectivity index (χ2n) is 5.17. The lowest BCUT2D eigenvalue weighted by Crippen LogP contribution is -2.17. The van der Waals surface area contributed by atoms with Gasteiger partial charge in [0.05, 0.1) is 12.1 Å². The number of nitrogens with zero attached hydrogens (tertiary/aromatic N) is 3. The molecule has 2 rings (SSSR count). The number of rotatable bonds is 5. The average Bonchev–Trinajstić information content (AvgIpc) is 2.94. The first-order valence-corrected chi connectivity index (χ1v) is 8.17. The topological polar surface area (TPSA) is 53.8 Å². The average molecular weight is 367 g/mol. The minimum absolute atomic E-state index is 0.217. The van der Waals surface area contributed by atoms with E-state index in [2.05, 4.69) is 10.1 Å². The van der Waals surface area contributed by atoms with Crippen molar-refractivity contribution < 1.29 is 26.5 Å². The Balaban J connectivity index is 2.33. The van der Waals surface area contributed by atoms with E-state index in [0.717, 1.165) is 11.0 Å². The monoisotopic (exact) mass is 367 g/mol. The van der Waals surface area contributed by atoms with Crippen LogP contribution in [0.5, 0.6) is 0 Å². The standard InChI is InChI=1S/C14H14F5N3OS/c1-8-5-9(2)11(24(23)4-3-14(17,18)19)6-10(8)22-7-20-13(21-22)12(15)16/h5-7,12H,3-4H2,1-2H3. The van der Waals surface area contributed by atoms with Crippen LogP contribution in [0.15, 0.2) is 23.4 Å². The minimum Gasteiger partial charge on any atom is -0.611 e. The largest absolute Gasteiger partial charge is 0.611 e. The molecule has 0 amide bonds. The molecule has 4 nitrogen and oxygen atoms in total. The van der Waals surface area contributed by atoms with Crippen molar-refractivity contribution in [3.8, 4) is 5.69 Å². The third-order valence-corrected chi connectivity index (χ3v) is 4.77. The van der Waals surface area contributed by atoms with Crippen molar-refractivity contribution in [2.24, 2.45) is 0 Å². The highest BCUT2D eigenvalue weighted by Gasteiger charge is 2.31. The van der Waals surface area contributed by atoms with Crippen molar-refractivity contribution in [1.29, 1.82) is 0 Å². The molecule has 0 fully saturated rings. The minimum atomic E-state index is -4.39. The van der Waals surface area contributed by atoms with Crippen LogP contribution in [0.1, 0.15) is 29.8 Å². The molecular weight excluding hydrogens is 353 g/mol. The number of hydrogen-bond donors (Lipinski definition) is 0. The third-order valence-electron chi connectivity index (χ3n) is 3.26. The van der Waals surface area contributed by atoms with Gasteiger partial charge in [0.2, 0.25) is 5.82 Å². The molecule has 0 bridgehead atoms. The highest BCUT2D eigenvalue weighted by Crippen LogP contribution is 2.27. The summed E-state index contributed by atoms with van der Waals surface area (Å²) in [6.45, 7) is 3.32. The first-order chi connectivity index (χ1) is 11.1. The fraction of sp³-hybridized carbons (Fsp3) is 0.429. The molecule has 1 heterocycles. The van der Waals surface area contributed by atoms with Crippen molar-refractivity contribution in [2.45, 2.75) is 37.8 Å². The molecule has 10 heteroatoms. The first kappa shape index (κ1) is 18.7. The lowest BCUT2D eigenvalue weighted by Gasteiger charge is -2.16. The first-order valence-electron chi connectivity index (χ1n) is 6.85. The zero-order valence-electron chi connectivity index (χ0n) is 12.8. The second-order valence-corrected chi connectivity index (χ2v) is 6.71. The maximum atomic E-state index is 12.6. The molecule has 0 radical (unpaired) electrons. The molecule has 1 unspecified atom stereocenters. The van der Waals surface area contributed by atoms with E-state index in [1.54, 1.807) is 19.9 Å². The number of alkyl halides is 5. The summed E-state index contributed by atoms with van der Waals surface area (Å²) >= 11 is -1.87. The van der Waals surface area contributed by atoms with E-state index in [1.807, 2.05) is 0 Å². The SMILES string of the molecule is Cc1cc(C)c([S+]([O-])CCC(F)(F)F)cc1-n1cnc(C(F)F)n1. The van der Waals surface area contributed by atoms with E-state index < -0.39 is 41.8 Å². The lowest BCUT2D eigenvalue weighted by atomic mass is 10.1. The van der Waals surface area contributed by atoms with Gasteiger partial charge < -0.3 is 4.55 Å². The van der Waals surface area contributed by atoms with E-state index in [-0.39, 0.29) is 4.90 Å². The Kier molecular flexibility index (Phi) is 5.49. The quantitative estimate of drug-likeness (QED) is 0.595. The predicted molar refractivity (Wildman–Crippen MR) is 77.7 cm³/mol. The molecule has 0 aliphatic rings. The summed E-state index contributed by atoms with van der Waals surface area (Å²) in [4.78, 5) is 3.69. The Hall–Kier alpha value is -1.68. The Morgan fingerprint density at radius 3 is 2.42 bits per heavy atom. The van der Waals surface area contributed by atoms with Crippen LogP contribution in [0.4, 0.5) is 22.0 Å². The van der Waals surface area contributed by atoms with E-state index in [4.69, 9.17) is 0 Å². The normalized spacial score (nSPS) is 13.5. The van der Waals surface area contributed by atoms with Crippen LogP contribution in [0, 0.1) is 13.8 Å². The van der Waals surface area contributed by atoms with Crippen LogP contribution >= 0.6 is 0 Å². The predicted octanol–water partition coefficient (Wildman–Crippen LogP) is 3.88. The molecule has 0 aliphatic heterocycles. The molecule has 0 aliphatic carbocycles. The van der Waals surface area contributed by atoms with E-state index in [9.17, 15) is 26.5 Å². The summed E-state index contributed by atoms with van der Waals surface area (Å²) in [7, 11) is 0. The fourth-order valence-electron chi connectivity index (χ4n) is 2.12. The molecular formula is C14H14F5N3OS. The van der Waals surface area contributed by atoms with Gasteiger partial charge in [-0.25, -0.2) is 18.4 Å². The number of benzene rings is 1. The van der Waals surface area contributed by atoms with Gasteiger partial charge in [-0.05, 0) is 36.7 Å². The van der Waals surface area contributed by atoms with Gasteiger partial charge in [0.1, 0.15) is 12.1 Å². The maximum absolute atomic E-state index is 12.6. The molecule has 1 aromatic heterocycles. The van der Waals surface area contributed by atoms with Gasteiger partial charge in [-0.3, -0.25) is 0 Å². The van der Waals surface area contributed by atoms with Gasteiger partial charge in [0.25, 0.3) is 6.43 Å². The van der Waals surface area contributed by atoms with Crippen LogP contribution in [0.3, 0.4) is 0 Å². The molecule has 1 aromatic carbocycles. The van der Waals surface area contributed by atoms with Gasteiger partial charge in [0, 0.05) is 11.6 Å². The van der Waals surface area contributed by atoms with Crippen molar-refractivity contribution in [3.05, 3.63) is 35.4 Å². The number of hydrogen-bond acceptors (Lipinski definition) is 3. The van der Waals surface area contributed by atoms with Crippen LogP contribution < -0.4 is 0 Å². The smallest absolute Gasteiger partial charge is 0.393 e. The number of halogens is 5. The summed E-state index contributed by atoms with van der Waals surface area (Å²) in [6, 6.07) is 3.03. The molecule has 24 heavy (non-hydrogen) atoms. The molecule has 0 saturated carbocycles. The van der Waals surface area contributed by atoms with Crippen molar-refractivity contribution in [1.82, 2.24) is 14.8 Å². The van der Waals surface area contributed by atoms with Crippen molar-refractivity contribution in [3.63, 3.8) is 0 Å². The van der Waals surface area contributed by atoms with Gasteiger partial charge in [-0.15, -0.1) is 5.10 Å². The highest BCUT2D eigenvalue weighted by molar-refractivity contribution is 7.91. The summed E-state index contributed by atoms with van der Waals surface area (Å²) in [6.07, 6.45) is -7.31. The van der Waals surface area contributed by atoms with Crippen LogP contribution in [-0.2, 0) is 11.2 Å². The zero-order chi connectivity index (χ0) is 18.1. The molecule has 0 N–H and O–H groups in total. The van der Waals surface area contributed by atoms with Crippen LogP contribution in [0.25, 0.3) is 5.69 Å². The maximum Gasteiger partial charge on any atom is 0.393 e. The third kappa shape index (κ3) is 4.44. The Morgan fingerprint density at radius 1 is 1.21 bits per heavy atom. The summed E-state index contributed by atoms with van der Waals surface area (Å²) in [5, 5.41) is 3.63. The molecule has 0 saturated heterocycles. The van der Waals surface area contributed by atoms with Gasteiger partial charge in [0.15, 0.2) is 4.90 Å². The van der Waals surface area contributed by atoms with E-state index in [0.29, 0.717) is 16.8 Å². The zero-order valence-corrected chi connectivity index (χ0v) is 13.6. The van der Waals surface area contributed by atoms with Gasteiger partial charge >= 0.3 is 6.18 Å². The highest BCUT2D eigenvalue weighted by atomic mass is 32.2. The van der Waals surface area contributed by atoms with Gasteiger partial charge in [-0.1, -0.05) is 0 Å². The van der Waals surface area contributed by atoms with Crippen LogP contribution in [0.2, 0.25) is 0 Å². The van der Waals surface area contributed by atoms with Gasteiger partial charge in [-0.2, -0.15) is 13.2 Å². The Labute approximate surface area is 137 Å². The second kappa shape index (κ2) is 7.06. The molecule has 0 spiro atoms. The number of aromatic nitrogens is 3. The van der Waals surface area contributed by atoms with Crippen LogP contribution in [-0.4, -0.2) is 31.2 Å². The number of aryl methyl sites for hydroxylation is 2. The van der Waals surface area contributed by atoms with Crippen molar-refractivity contribution in [2.75, 3.05) is 5.75 Å². The summed E-state index contributed by atoms with van der Waals surface area (Å²) < 4.78 is 75.3. The van der Waals surface area contributed by atoms with Crippen molar-refractivity contribution >= 4 is 11.2 Å². The van der Waals surface area contributed by atoms with E-state index in [1.165, 1.54) is 6.07 Å². The summed E-state index contributed by atoms with van der Waals surface area (Å²) in [5.41, 5.74) is 1.55. The Morgan fingerprint density at radius 2 is 1.88 bits per heavy atom.